The van der Waals surface area contributed by atoms with Crippen LogP contribution in [-0.4, -0.2) is 54.1 Å². The number of hydrogen-bond donors (Lipinski definition) is 6. The number of carbonyl (C=O) groups excluding carboxylic acids is 2. The number of carbonyl (C=O) groups is 2. The molecule has 52 heavy (non-hydrogen) atoms. The van der Waals surface area contributed by atoms with E-state index >= 15 is 0 Å². The number of H-pyrrole nitrogens is 2. The summed E-state index contributed by atoms with van der Waals surface area (Å²) in [5.41, 5.74) is 15.7. The van der Waals surface area contributed by atoms with Crippen molar-refractivity contribution in [1.29, 1.82) is 0 Å². The predicted octanol–water partition coefficient (Wildman–Crippen LogP) is 4.34. The van der Waals surface area contributed by atoms with Crippen LogP contribution < -0.4 is 33.2 Å². The van der Waals surface area contributed by atoms with Gasteiger partial charge in [-0.05, 0) is 72.9 Å². The first-order chi connectivity index (χ1) is 24.8. The Labute approximate surface area is 293 Å². The number of hydrogen-bond acceptors (Lipinski definition) is 10. The van der Waals surface area contributed by atoms with E-state index in [9.17, 15) is 28.0 Å². The number of rotatable bonds is 6. The average molecular weight is 707 g/mol. The van der Waals surface area contributed by atoms with Gasteiger partial charge in [0.05, 0.1) is 23.2 Å². The van der Waals surface area contributed by atoms with Crippen LogP contribution in [0.5, 0.6) is 0 Å². The molecule has 0 aromatic carbocycles. The zero-order chi connectivity index (χ0) is 36.8. The summed E-state index contributed by atoms with van der Waals surface area (Å²) >= 11 is 0. The second-order valence-corrected chi connectivity index (χ2v) is 12.8. The molecule has 0 unspecified atom stereocenters. The van der Waals surface area contributed by atoms with Crippen LogP contribution >= 0.6 is 0 Å². The summed E-state index contributed by atoms with van der Waals surface area (Å²) in [6, 6.07) is 9.79. The average Bonchev–Trinajstić information content (AvgIpc) is 4.03. The maximum atomic E-state index is 13.0. The minimum Gasteiger partial charge on any atom is -0.383 e. The normalized spacial score (nSPS) is 18.7. The van der Waals surface area contributed by atoms with Gasteiger partial charge in [-0.15, -0.1) is 0 Å². The maximum absolute atomic E-state index is 13.0. The third kappa shape index (κ3) is 7.03. The van der Waals surface area contributed by atoms with Crippen molar-refractivity contribution < 1.29 is 18.4 Å². The molecule has 0 aliphatic heterocycles. The first kappa shape index (κ1) is 33.9. The van der Waals surface area contributed by atoms with Gasteiger partial charge in [0, 0.05) is 58.8 Å². The number of nitrogens with two attached hydrogens (primary N) is 2. The lowest BCUT2D eigenvalue weighted by Gasteiger charge is -2.10. The Morgan fingerprint density at radius 1 is 0.692 bits per heavy atom. The number of alkyl halides is 2. The smallest absolute Gasteiger partial charge is 0.248 e. The molecule has 0 radical (unpaired) electrons. The molecule has 14 nitrogen and oxygen atoms in total. The van der Waals surface area contributed by atoms with Crippen LogP contribution in [0.1, 0.15) is 24.0 Å². The lowest BCUT2D eigenvalue weighted by Crippen LogP contribution is -2.15. The lowest BCUT2D eigenvalue weighted by atomic mass is 10.1. The van der Waals surface area contributed by atoms with Gasteiger partial charge in [0.25, 0.3) is 0 Å². The number of aryl methyl sites for hydroxylation is 2. The molecule has 2 aliphatic rings. The standard InChI is InChI=1S/2C18H16FN5O2/c2*1-8-6-22-16(25)5-10(8)14-2-9-3-15(21-7-12(9)17(20)23-14)24-18(26)11-4-13(11)19/h2*2-3,5-7,11,13H,4H2,1H3,(H2,20,23)(H,22,25)(H,21,24,26)/t2*11-,13+/m10/s1. The van der Waals surface area contributed by atoms with Crippen LogP contribution in [0.2, 0.25) is 0 Å². The maximum Gasteiger partial charge on any atom is 0.248 e. The number of aromatic nitrogens is 6. The van der Waals surface area contributed by atoms with E-state index in [-0.39, 0.29) is 47.4 Å². The number of amides is 2. The van der Waals surface area contributed by atoms with Gasteiger partial charge < -0.3 is 32.1 Å². The molecule has 2 aliphatic carbocycles. The molecule has 6 heterocycles. The number of nitrogens with one attached hydrogen (secondary N) is 4. The van der Waals surface area contributed by atoms with E-state index in [0.29, 0.717) is 55.7 Å². The van der Waals surface area contributed by atoms with Gasteiger partial charge in [-0.1, -0.05) is 0 Å². The summed E-state index contributed by atoms with van der Waals surface area (Å²) in [6.45, 7) is 3.71. The Morgan fingerprint density at radius 3 is 1.44 bits per heavy atom. The molecule has 0 spiro atoms. The number of pyridine rings is 6. The topological polar surface area (TPSA) is 228 Å². The molecule has 2 amide bonds. The first-order valence-electron chi connectivity index (χ1n) is 16.3. The van der Waals surface area contributed by atoms with E-state index < -0.39 is 24.2 Å². The lowest BCUT2D eigenvalue weighted by molar-refractivity contribution is -0.118. The Kier molecular flexibility index (Phi) is 8.65. The predicted molar refractivity (Wildman–Crippen MR) is 193 cm³/mol. The molecule has 8 N–H and O–H groups in total. The minimum atomic E-state index is -1.07. The molecule has 6 aromatic rings. The Balaban J connectivity index is 0.000000162. The molecule has 6 aromatic heterocycles. The van der Waals surface area contributed by atoms with Gasteiger partial charge >= 0.3 is 0 Å². The number of nitrogens with zero attached hydrogens (tertiary/aromatic N) is 4. The van der Waals surface area contributed by atoms with Gasteiger partial charge in [0.1, 0.15) is 35.6 Å². The Hall–Kier alpha value is -6.58. The van der Waals surface area contributed by atoms with Crippen molar-refractivity contribution in [3.63, 3.8) is 0 Å². The largest absolute Gasteiger partial charge is 0.383 e. The molecule has 0 bridgehead atoms. The number of nitrogen functional groups attached to an aromatic ring is 2. The van der Waals surface area contributed by atoms with E-state index in [1.807, 2.05) is 13.8 Å². The quantitative estimate of drug-likeness (QED) is 0.144. The van der Waals surface area contributed by atoms with Crippen LogP contribution in [0.25, 0.3) is 44.1 Å². The Bertz CT molecular complexity index is 2360. The monoisotopic (exact) mass is 706 g/mol. The summed E-state index contributed by atoms with van der Waals surface area (Å²) in [5.74, 6) is -0.758. The molecule has 264 valence electrons. The second-order valence-electron chi connectivity index (χ2n) is 12.8. The van der Waals surface area contributed by atoms with Crippen LogP contribution in [-0.2, 0) is 9.59 Å². The summed E-state index contributed by atoms with van der Waals surface area (Å²) in [7, 11) is 0. The Morgan fingerprint density at radius 2 is 1.08 bits per heavy atom. The fourth-order valence-corrected chi connectivity index (χ4v) is 5.71. The number of aromatic amines is 2. The van der Waals surface area contributed by atoms with Crippen molar-refractivity contribution in [2.75, 3.05) is 22.1 Å². The molecule has 2 saturated carbocycles. The van der Waals surface area contributed by atoms with Gasteiger partial charge in [0.15, 0.2) is 0 Å². The summed E-state index contributed by atoms with van der Waals surface area (Å²) < 4.78 is 26.0. The van der Waals surface area contributed by atoms with Crippen LogP contribution in [0.4, 0.5) is 32.1 Å². The fourth-order valence-electron chi connectivity index (χ4n) is 5.71. The van der Waals surface area contributed by atoms with E-state index in [1.54, 1.807) is 36.7 Å². The molecule has 2 fully saturated rings. The highest BCUT2D eigenvalue weighted by atomic mass is 19.1. The first-order valence-corrected chi connectivity index (χ1v) is 16.3. The molecule has 8 rings (SSSR count). The van der Waals surface area contributed by atoms with Crippen molar-refractivity contribution >= 4 is 56.6 Å². The molecule has 0 saturated heterocycles. The minimum absolute atomic E-state index is 0.237. The van der Waals surface area contributed by atoms with E-state index in [0.717, 1.165) is 11.1 Å². The van der Waals surface area contributed by atoms with E-state index in [4.69, 9.17) is 11.5 Å². The van der Waals surface area contributed by atoms with Gasteiger partial charge in [-0.25, -0.2) is 28.7 Å². The molecule has 4 atom stereocenters. The molecule has 16 heteroatoms. The zero-order valence-corrected chi connectivity index (χ0v) is 27.8. The molecular weight excluding hydrogens is 674 g/mol. The SMILES string of the molecule is Cc1c[nH]c(=O)cc1-c1cc2cc(NC(=O)[C@@H]3C[C@@H]3F)ncc2c(N)n1.Cc1c[nH]c(=O)cc1-c1cc2cc(NC(=O)[C@H]3C[C@H]3F)ncc2c(N)n1. The van der Waals surface area contributed by atoms with Crippen molar-refractivity contribution in [2.45, 2.75) is 39.0 Å². The van der Waals surface area contributed by atoms with Crippen LogP contribution in [0.15, 0.2) is 70.8 Å². The van der Waals surface area contributed by atoms with Crippen molar-refractivity contribution in [3.05, 3.63) is 93.0 Å². The third-order valence-electron chi connectivity index (χ3n) is 8.91. The highest BCUT2D eigenvalue weighted by Gasteiger charge is 2.44. The number of halogens is 2. The third-order valence-corrected chi connectivity index (χ3v) is 8.91. The van der Waals surface area contributed by atoms with Gasteiger partial charge in [-0.3, -0.25) is 19.2 Å². The van der Waals surface area contributed by atoms with Crippen molar-refractivity contribution in [1.82, 2.24) is 29.9 Å². The summed E-state index contributed by atoms with van der Waals surface area (Å²) in [4.78, 5) is 69.3. The van der Waals surface area contributed by atoms with Crippen molar-refractivity contribution in [2.24, 2.45) is 11.8 Å². The van der Waals surface area contributed by atoms with Crippen LogP contribution in [0.3, 0.4) is 0 Å². The zero-order valence-electron chi connectivity index (χ0n) is 27.8. The second kappa shape index (κ2) is 13.3. The van der Waals surface area contributed by atoms with Crippen LogP contribution in [0, 0.1) is 25.7 Å². The number of fused-ring (bicyclic) bond motifs is 2. The fraction of sp³-hybridized carbons (Fsp3) is 0.222. The summed E-state index contributed by atoms with van der Waals surface area (Å²) in [6.07, 6.45) is 4.62. The highest BCUT2D eigenvalue weighted by Crippen LogP contribution is 2.36. The number of anilines is 4. The molecular formula is C36H32F2N10O4. The van der Waals surface area contributed by atoms with Crippen molar-refractivity contribution in [3.8, 4) is 22.5 Å². The van der Waals surface area contributed by atoms with E-state index in [1.165, 1.54) is 24.5 Å². The van der Waals surface area contributed by atoms with Gasteiger partial charge in [-0.2, -0.15) is 0 Å². The highest BCUT2D eigenvalue weighted by molar-refractivity contribution is 6.00. The van der Waals surface area contributed by atoms with Gasteiger partial charge in [0.2, 0.25) is 22.9 Å². The van der Waals surface area contributed by atoms with E-state index in [2.05, 4.69) is 40.5 Å². The summed E-state index contributed by atoms with van der Waals surface area (Å²) in [5, 5.41) is 7.92.